The van der Waals surface area contributed by atoms with Gasteiger partial charge in [0.2, 0.25) is 0 Å². The number of hydrogen-bond donors (Lipinski definition) is 0. The highest BCUT2D eigenvalue weighted by Crippen LogP contribution is 2.41. The van der Waals surface area contributed by atoms with E-state index in [0.717, 1.165) is 6.42 Å². The fraction of sp³-hybridized carbons (Fsp3) is 0.600. The molecule has 0 N–H and O–H groups in total. The lowest BCUT2D eigenvalue weighted by Crippen LogP contribution is -2.38. The van der Waals surface area contributed by atoms with Gasteiger partial charge >= 0.3 is 18.5 Å². The van der Waals surface area contributed by atoms with E-state index in [1.807, 2.05) is 13.8 Å². The minimum Gasteiger partial charge on any atom is -0.449 e. The molecule has 0 saturated carbocycles. The van der Waals surface area contributed by atoms with Crippen LogP contribution in [-0.2, 0) is 4.74 Å². The number of carbonyl (C=O) groups is 2. The van der Waals surface area contributed by atoms with Crippen molar-refractivity contribution in [3.63, 3.8) is 0 Å². The van der Waals surface area contributed by atoms with Crippen molar-refractivity contribution in [2.45, 2.75) is 38.6 Å². The van der Waals surface area contributed by atoms with Crippen LogP contribution in [0.1, 0.15) is 26.7 Å². The first kappa shape index (κ1) is 22.0. The van der Waals surface area contributed by atoms with Gasteiger partial charge in [0, 0.05) is 31.7 Å². The lowest BCUT2D eigenvalue weighted by atomic mass is 9.95. The predicted octanol–water partition coefficient (Wildman–Crippen LogP) is 4.08. The first-order chi connectivity index (χ1) is 14.0. The van der Waals surface area contributed by atoms with Gasteiger partial charge in [0.05, 0.1) is 18.7 Å². The Morgan fingerprint density at radius 2 is 1.97 bits per heavy atom. The van der Waals surface area contributed by atoms with Crippen LogP contribution in [0.15, 0.2) is 24.3 Å². The molecule has 7 nitrogen and oxygen atoms in total. The molecule has 166 valence electrons. The second-order valence-electron chi connectivity index (χ2n) is 8.09. The molecule has 0 aliphatic carbocycles. The molecule has 0 aromatic heterocycles. The first-order valence-corrected chi connectivity index (χ1v) is 9.85. The lowest BCUT2D eigenvalue weighted by molar-refractivity contribution is -0.274. The minimum atomic E-state index is -4.76. The Morgan fingerprint density at radius 1 is 1.30 bits per heavy atom. The van der Waals surface area contributed by atoms with Crippen LogP contribution in [0.4, 0.5) is 28.4 Å². The Balaban J connectivity index is 1.59. The Morgan fingerprint density at radius 3 is 2.53 bits per heavy atom. The molecule has 1 unspecified atom stereocenters. The number of urea groups is 1. The minimum absolute atomic E-state index is 0.0441. The number of nitrogens with zero attached hydrogens (tertiary/aromatic N) is 3. The topological polar surface area (TPSA) is 62.3 Å². The van der Waals surface area contributed by atoms with Crippen molar-refractivity contribution in [1.29, 1.82) is 0 Å². The zero-order valence-corrected chi connectivity index (χ0v) is 17.2. The fourth-order valence-electron chi connectivity index (χ4n) is 4.16. The average molecular weight is 429 g/mol. The number of ether oxygens (including phenoxy) is 2. The molecule has 10 heteroatoms. The standard InChI is InChI=1S/C20H26F3N3O4/c1-4-9-24(3)18(28)29-12-14-10-19(2)13-25(17(27)26(19)11-14)15-5-7-16(8-6-15)30-20(21,22)23/h5-8,14H,4,9-13H2,1-3H3/t14-,19?/m1/s1. The van der Waals surface area contributed by atoms with E-state index in [1.54, 1.807) is 16.8 Å². The highest BCUT2D eigenvalue weighted by Gasteiger charge is 2.53. The third kappa shape index (κ3) is 4.73. The molecule has 0 spiro atoms. The van der Waals surface area contributed by atoms with Gasteiger partial charge in [-0.2, -0.15) is 0 Å². The second kappa shape index (κ2) is 8.23. The van der Waals surface area contributed by atoms with E-state index in [-0.39, 0.29) is 30.4 Å². The van der Waals surface area contributed by atoms with Crippen LogP contribution >= 0.6 is 0 Å². The number of benzene rings is 1. The summed E-state index contributed by atoms with van der Waals surface area (Å²) in [5.74, 6) is -0.290. The molecule has 2 heterocycles. The number of alkyl halides is 3. The highest BCUT2D eigenvalue weighted by atomic mass is 19.4. The summed E-state index contributed by atoms with van der Waals surface area (Å²) in [4.78, 5) is 29.7. The van der Waals surface area contributed by atoms with E-state index >= 15 is 0 Å². The molecule has 1 aromatic carbocycles. The highest BCUT2D eigenvalue weighted by molar-refractivity contribution is 5.95. The Labute approximate surface area is 173 Å². The maximum absolute atomic E-state index is 12.9. The van der Waals surface area contributed by atoms with Crippen molar-refractivity contribution in [3.05, 3.63) is 24.3 Å². The van der Waals surface area contributed by atoms with Crippen LogP contribution in [0.25, 0.3) is 0 Å². The molecule has 2 aliphatic rings. The van der Waals surface area contributed by atoms with Gasteiger partial charge in [-0.1, -0.05) is 6.92 Å². The lowest BCUT2D eigenvalue weighted by Gasteiger charge is -2.24. The summed E-state index contributed by atoms with van der Waals surface area (Å²) in [6, 6.07) is 5.05. The summed E-state index contributed by atoms with van der Waals surface area (Å²) in [5.41, 5.74) is 0.0827. The smallest absolute Gasteiger partial charge is 0.449 e. The van der Waals surface area contributed by atoms with Gasteiger partial charge < -0.3 is 19.3 Å². The van der Waals surface area contributed by atoms with Crippen LogP contribution in [0.3, 0.4) is 0 Å². The monoisotopic (exact) mass is 429 g/mol. The molecular weight excluding hydrogens is 403 g/mol. The van der Waals surface area contributed by atoms with Gasteiger partial charge in [-0.3, -0.25) is 4.90 Å². The number of fused-ring (bicyclic) bond motifs is 1. The van der Waals surface area contributed by atoms with E-state index < -0.39 is 11.9 Å². The van der Waals surface area contributed by atoms with Crippen molar-refractivity contribution in [1.82, 2.24) is 9.80 Å². The summed E-state index contributed by atoms with van der Waals surface area (Å²) in [6.07, 6.45) is -3.61. The Kier molecular flexibility index (Phi) is 6.05. The summed E-state index contributed by atoms with van der Waals surface area (Å²) in [5, 5.41) is 0. The molecule has 2 fully saturated rings. The molecule has 0 bridgehead atoms. The maximum atomic E-state index is 12.9. The number of rotatable bonds is 6. The fourth-order valence-corrected chi connectivity index (χ4v) is 4.16. The van der Waals surface area contributed by atoms with Gasteiger partial charge in [0.25, 0.3) is 0 Å². The van der Waals surface area contributed by atoms with Crippen LogP contribution in [0.5, 0.6) is 5.75 Å². The van der Waals surface area contributed by atoms with Crippen molar-refractivity contribution in [3.8, 4) is 5.75 Å². The molecule has 30 heavy (non-hydrogen) atoms. The SMILES string of the molecule is CCCN(C)C(=O)OC[C@H]1CN2C(=O)N(c3ccc(OC(F)(F)F)cc3)CC2(C)C1. The summed E-state index contributed by atoms with van der Waals surface area (Å²) < 4.78 is 46.2. The van der Waals surface area contributed by atoms with E-state index in [0.29, 0.717) is 31.7 Å². The average Bonchev–Trinajstić information content (AvgIpc) is 3.11. The maximum Gasteiger partial charge on any atom is 0.573 e. The zero-order chi connectivity index (χ0) is 22.1. The van der Waals surface area contributed by atoms with E-state index in [4.69, 9.17) is 4.74 Å². The van der Waals surface area contributed by atoms with Crippen molar-refractivity contribution in [2.75, 3.05) is 38.2 Å². The normalized spacial score (nSPS) is 23.5. The van der Waals surface area contributed by atoms with Crippen LogP contribution in [0, 0.1) is 5.92 Å². The molecule has 3 rings (SSSR count). The molecule has 2 atom stereocenters. The van der Waals surface area contributed by atoms with Crippen LogP contribution in [-0.4, -0.2) is 67.1 Å². The first-order valence-electron chi connectivity index (χ1n) is 9.85. The van der Waals surface area contributed by atoms with Crippen LogP contribution < -0.4 is 9.64 Å². The molecule has 0 radical (unpaired) electrons. The second-order valence-corrected chi connectivity index (χ2v) is 8.09. The summed E-state index contributed by atoms with van der Waals surface area (Å²) in [7, 11) is 1.69. The van der Waals surface area contributed by atoms with E-state index in [1.165, 1.54) is 29.2 Å². The largest absolute Gasteiger partial charge is 0.573 e. The van der Waals surface area contributed by atoms with Gasteiger partial charge in [-0.25, -0.2) is 9.59 Å². The van der Waals surface area contributed by atoms with Gasteiger partial charge in [-0.05, 0) is 44.0 Å². The van der Waals surface area contributed by atoms with E-state index in [2.05, 4.69) is 4.74 Å². The van der Waals surface area contributed by atoms with Crippen molar-refractivity contribution >= 4 is 17.8 Å². The summed E-state index contributed by atoms with van der Waals surface area (Å²) >= 11 is 0. The molecule has 2 aliphatic heterocycles. The number of carbonyl (C=O) groups excluding carboxylic acids is 2. The number of halogens is 3. The quantitative estimate of drug-likeness (QED) is 0.684. The number of anilines is 1. The Bertz CT molecular complexity index is 786. The van der Waals surface area contributed by atoms with Gasteiger partial charge in [-0.15, -0.1) is 13.2 Å². The third-order valence-corrected chi connectivity index (χ3v) is 5.48. The third-order valence-electron chi connectivity index (χ3n) is 5.48. The number of hydrogen-bond acceptors (Lipinski definition) is 4. The van der Waals surface area contributed by atoms with E-state index in [9.17, 15) is 22.8 Å². The number of amides is 3. The van der Waals surface area contributed by atoms with Gasteiger partial charge in [0.15, 0.2) is 0 Å². The molecular formula is C20H26F3N3O4. The molecule has 1 aromatic rings. The van der Waals surface area contributed by atoms with Gasteiger partial charge in [0.1, 0.15) is 5.75 Å². The molecule has 3 amide bonds. The summed E-state index contributed by atoms with van der Waals surface area (Å²) in [6.45, 7) is 5.68. The van der Waals surface area contributed by atoms with Crippen LogP contribution in [0.2, 0.25) is 0 Å². The van der Waals surface area contributed by atoms with Crippen molar-refractivity contribution < 1.29 is 32.2 Å². The zero-order valence-electron chi connectivity index (χ0n) is 17.2. The van der Waals surface area contributed by atoms with Crippen molar-refractivity contribution in [2.24, 2.45) is 5.92 Å². The predicted molar refractivity (Wildman–Crippen MR) is 103 cm³/mol. The molecule has 2 saturated heterocycles. The Hall–Kier alpha value is -2.65.